The van der Waals surface area contributed by atoms with Gasteiger partial charge >= 0.3 is 11.8 Å². The molecule has 2 heterocycles. The van der Waals surface area contributed by atoms with Gasteiger partial charge in [-0.2, -0.15) is 0 Å². The number of guanidine groups is 1. The maximum absolute atomic E-state index is 6.12. The van der Waals surface area contributed by atoms with Crippen LogP contribution >= 0.6 is 12.2 Å². The zero-order valence-corrected chi connectivity index (χ0v) is 22.0. The third-order valence-corrected chi connectivity index (χ3v) is 6.72. The number of amidine groups is 1. The lowest BCUT2D eigenvalue weighted by atomic mass is 10.2. The molecule has 0 amide bonds. The number of pyridine rings is 1. The summed E-state index contributed by atoms with van der Waals surface area (Å²) in [5.41, 5.74) is 3.87. The molecule has 6 rings (SSSR count). The molecule has 0 radical (unpaired) electrons. The average molecular weight is 525 g/mol. The van der Waals surface area contributed by atoms with E-state index in [9.17, 15) is 0 Å². The van der Waals surface area contributed by atoms with Crippen LogP contribution in [-0.2, 0) is 6.54 Å². The number of hydrogen-bond donors (Lipinski definition) is 0. The first-order valence-electron chi connectivity index (χ1n) is 12.8. The Bertz CT molecular complexity index is 1640. The van der Waals surface area contributed by atoms with Gasteiger partial charge in [0.25, 0.3) is 0 Å². The number of aliphatic imine (C=N–C) groups is 2. The van der Waals surface area contributed by atoms with Crippen LogP contribution in [0.3, 0.4) is 0 Å². The van der Waals surface area contributed by atoms with Gasteiger partial charge in [-0.1, -0.05) is 103 Å². The van der Waals surface area contributed by atoms with Crippen molar-refractivity contribution in [1.29, 1.82) is 0 Å². The summed E-state index contributed by atoms with van der Waals surface area (Å²) in [4.78, 5) is 14.9. The van der Waals surface area contributed by atoms with Crippen molar-refractivity contribution in [1.82, 2.24) is 0 Å². The summed E-state index contributed by atoms with van der Waals surface area (Å²) in [7, 11) is 0. The van der Waals surface area contributed by atoms with Crippen molar-refractivity contribution in [2.45, 2.75) is 6.54 Å². The van der Waals surface area contributed by atoms with Crippen molar-refractivity contribution in [3.8, 4) is 0 Å². The van der Waals surface area contributed by atoms with E-state index in [1.807, 2.05) is 113 Å². The lowest BCUT2D eigenvalue weighted by Gasteiger charge is -2.18. The molecule has 39 heavy (non-hydrogen) atoms. The maximum Gasteiger partial charge on any atom is 0.338 e. The van der Waals surface area contributed by atoms with Crippen LogP contribution in [0.5, 0.6) is 0 Å². The number of para-hydroxylation sites is 3. The van der Waals surface area contributed by atoms with E-state index < -0.39 is 0 Å². The van der Waals surface area contributed by atoms with E-state index in [2.05, 4.69) is 47.2 Å². The second-order valence-electron chi connectivity index (χ2n) is 9.00. The Hall–Kier alpha value is -4.94. The number of benzene rings is 4. The summed E-state index contributed by atoms with van der Waals surface area (Å²) in [6, 6.07) is 46.6. The monoisotopic (exact) mass is 524 g/mol. The molecule has 0 unspecified atom stereocenters. The molecule has 0 bridgehead atoms. The Balaban J connectivity index is 1.56. The van der Waals surface area contributed by atoms with Gasteiger partial charge in [0.1, 0.15) is 6.54 Å². The second-order valence-corrected chi connectivity index (χ2v) is 9.39. The Morgan fingerprint density at radius 1 is 0.564 bits per heavy atom. The van der Waals surface area contributed by atoms with Crippen molar-refractivity contribution in [3.05, 3.63) is 151 Å². The summed E-state index contributed by atoms with van der Waals surface area (Å²) >= 11 is 6.12. The molecule has 5 nitrogen and oxygen atoms in total. The number of aromatic nitrogens is 1. The molecule has 1 aliphatic rings. The van der Waals surface area contributed by atoms with Crippen molar-refractivity contribution < 1.29 is 4.57 Å². The first-order valence-corrected chi connectivity index (χ1v) is 13.2. The van der Waals surface area contributed by atoms with Gasteiger partial charge in [0.05, 0.1) is 23.3 Å². The van der Waals surface area contributed by atoms with Crippen LogP contribution in [0.25, 0.3) is 0 Å². The van der Waals surface area contributed by atoms with E-state index in [1.54, 1.807) is 0 Å². The average Bonchev–Trinajstić information content (AvgIpc) is 3.26. The molecule has 1 aliphatic heterocycles. The van der Waals surface area contributed by atoms with Crippen LogP contribution in [0.1, 0.15) is 5.56 Å². The fraction of sp³-hybridized carbons (Fsp3) is 0.0303. The summed E-state index contributed by atoms with van der Waals surface area (Å²) in [6.45, 7) is 0.694. The minimum Gasteiger partial charge on any atom is -0.245 e. The molecule has 1 fully saturated rings. The minimum absolute atomic E-state index is 0.582. The van der Waals surface area contributed by atoms with Gasteiger partial charge in [-0.25, -0.2) is 19.4 Å². The van der Waals surface area contributed by atoms with Crippen molar-refractivity contribution in [2.75, 3.05) is 9.80 Å². The molecule has 0 saturated carbocycles. The molecule has 188 valence electrons. The van der Waals surface area contributed by atoms with Gasteiger partial charge in [-0.3, -0.25) is 0 Å². The lowest BCUT2D eigenvalue weighted by Crippen LogP contribution is -2.38. The van der Waals surface area contributed by atoms with Crippen molar-refractivity contribution in [2.24, 2.45) is 9.98 Å². The highest BCUT2D eigenvalue weighted by molar-refractivity contribution is 7.82. The quantitative estimate of drug-likeness (QED) is 0.176. The van der Waals surface area contributed by atoms with Crippen molar-refractivity contribution >= 4 is 51.9 Å². The topological polar surface area (TPSA) is 35.1 Å². The Labute approximate surface area is 233 Å². The Morgan fingerprint density at radius 2 is 1.10 bits per heavy atom. The normalized spacial score (nSPS) is 15.3. The predicted octanol–water partition coefficient (Wildman–Crippen LogP) is 7.09. The van der Waals surface area contributed by atoms with Crippen molar-refractivity contribution in [3.63, 3.8) is 0 Å². The van der Waals surface area contributed by atoms with Gasteiger partial charge in [0.15, 0.2) is 10.8 Å². The number of anilines is 2. The maximum atomic E-state index is 6.12. The summed E-state index contributed by atoms with van der Waals surface area (Å²) in [5, 5.41) is 0. The number of rotatable bonds is 6. The van der Waals surface area contributed by atoms with E-state index in [4.69, 9.17) is 22.2 Å². The van der Waals surface area contributed by atoms with Crippen LogP contribution in [-0.4, -0.2) is 16.8 Å². The van der Waals surface area contributed by atoms with Gasteiger partial charge in [0.2, 0.25) is 0 Å². The first kappa shape index (κ1) is 24.4. The fourth-order valence-electron chi connectivity index (χ4n) is 4.51. The van der Waals surface area contributed by atoms with Crippen LogP contribution in [0.15, 0.2) is 156 Å². The van der Waals surface area contributed by atoms with Gasteiger partial charge in [-0.05, 0) is 53.0 Å². The zero-order chi connectivity index (χ0) is 26.4. The molecule has 0 N–H and O–H groups in total. The molecule has 0 atom stereocenters. The first-order chi connectivity index (χ1) is 19.3. The molecule has 4 aromatic carbocycles. The van der Waals surface area contributed by atoms with E-state index in [1.165, 1.54) is 5.56 Å². The fourth-order valence-corrected chi connectivity index (χ4v) is 4.84. The van der Waals surface area contributed by atoms with E-state index in [-0.39, 0.29) is 0 Å². The SMILES string of the molecule is S=C1C(=Nc2ccccc2)N(c2ccccc2)/C(=N/c2cccc[n+]2Cc2ccccc2)N1c1ccccc1. The molecule has 5 aromatic rings. The van der Waals surface area contributed by atoms with E-state index in [0.717, 1.165) is 22.9 Å². The molecule has 1 aromatic heterocycles. The highest BCUT2D eigenvalue weighted by Crippen LogP contribution is 2.31. The number of nitrogens with zero attached hydrogens (tertiary/aromatic N) is 5. The van der Waals surface area contributed by atoms with E-state index in [0.29, 0.717) is 23.3 Å². The molecular formula is C33H26N5S+. The van der Waals surface area contributed by atoms with Gasteiger partial charge < -0.3 is 0 Å². The summed E-state index contributed by atoms with van der Waals surface area (Å²) < 4.78 is 2.14. The molecular weight excluding hydrogens is 498 g/mol. The summed E-state index contributed by atoms with van der Waals surface area (Å²) in [5.74, 6) is 2.12. The zero-order valence-electron chi connectivity index (χ0n) is 21.2. The van der Waals surface area contributed by atoms with E-state index >= 15 is 0 Å². The Morgan fingerprint density at radius 3 is 1.74 bits per heavy atom. The predicted molar refractivity (Wildman–Crippen MR) is 163 cm³/mol. The molecule has 1 saturated heterocycles. The third-order valence-electron chi connectivity index (χ3n) is 6.35. The highest BCUT2D eigenvalue weighted by atomic mass is 32.1. The lowest BCUT2D eigenvalue weighted by molar-refractivity contribution is -0.675. The van der Waals surface area contributed by atoms with Gasteiger partial charge in [0, 0.05) is 6.07 Å². The van der Waals surface area contributed by atoms with Crippen LogP contribution in [0, 0.1) is 0 Å². The minimum atomic E-state index is 0.582. The number of thiocarbonyl (C=S) groups is 1. The molecule has 6 heteroatoms. The van der Waals surface area contributed by atoms with Crippen LogP contribution in [0.2, 0.25) is 0 Å². The largest absolute Gasteiger partial charge is 0.338 e. The standard InChI is InChI=1S/C33H26N5S/c39-32-31(34-27-17-7-2-8-18-27)37(28-19-9-3-10-20-28)33(38(32)29-21-11-4-12-22-29)35-30-23-13-14-24-36(30)25-26-15-5-1-6-16-26/h1-24H,25H2/q+1. The molecule has 0 aliphatic carbocycles. The van der Waals surface area contributed by atoms with Crippen LogP contribution in [0.4, 0.5) is 22.9 Å². The third kappa shape index (κ3) is 5.23. The van der Waals surface area contributed by atoms with Gasteiger partial charge in [-0.15, -0.1) is 0 Å². The second kappa shape index (κ2) is 11.2. The van der Waals surface area contributed by atoms with Crippen LogP contribution < -0.4 is 14.4 Å². The molecule has 0 spiro atoms. The smallest absolute Gasteiger partial charge is 0.245 e. The number of hydrogen-bond acceptors (Lipinski definition) is 3. The Kier molecular flexibility index (Phi) is 7.01. The summed E-state index contributed by atoms with van der Waals surface area (Å²) in [6.07, 6.45) is 2.05. The highest BCUT2D eigenvalue weighted by Gasteiger charge is 2.43.